The predicted molar refractivity (Wildman–Crippen MR) is 66.1 cm³/mol. The Balaban J connectivity index is 2.50. The Kier molecular flexibility index (Phi) is 5.82. The maximum Gasteiger partial charge on any atom is 0.251 e. The molecule has 1 aromatic rings. The molecule has 0 saturated heterocycles. The number of nitrogens with two attached hydrogens (primary N) is 1. The number of nitrogens with one attached hydrogen (secondary N) is 1. The summed E-state index contributed by atoms with van der Waals surface area (Å²) < 4.78 is 38.6. The first-order chi connectivity index (χ1) is 8.95. The standard InChI is InChI=1S/C13H17F3N2O/c1-8(7-17)3-2-4-18-13(19)9-5-10(14)12(16)11(15)6-9/h5-6,8H,2-4,7,17H2,1H3,(H,18,19). The molecule has 6 heteroatoms. The SMILES string of the molecule is CC(CN)CCCNC(=O)c1cc(F)c(F)c(F)c1. The summed E-state index contributed by atoms with van der Waals surface area (Å²) in [6.07, 6.45) is 1.57. The monoisotopic (exact) mass is 274 g/mol. The molecule has 0 saturated carbocycles. The van der Waals surface area contributed by atoms with E-state index in [1.807, 2.05) is 6.92 Å². The molecule has 0 aliphatic carbocycles. The second-order valence-corrected chi connectivity index (χ2v) is 4.49. The summed E-state index contributed by atoms with van der Waals surface area (Å²) in [4.78, 5) is 11.6. The summed E-state index contributed by atoms with van der Waals surface area (Å²) in [5, 5.41) is 2.52. The average molecular weight is 274 g/mol. The minimum absolute atomic E-state index is 0.233. The van der Waals surface area contributed by atoms with Gasteiger partial charge in [0.15, 0.2) is 17.5 Å². The Morgan fingerprint density at radius 3 is 2.42 bits per heavy atom. The van der Waals surface area contributed by atoms with Crippen LogP contribution in [0.15, 0.2) is 12.1 Å². The van der Waals surface area contributed by atoms with E-state index < -0.39 is 23.4 Å². The zero-order valence-corrected chi connectivity index (χ0v) is 10.7. The van der Waals surface area contributed by atoms with Gasteiger partial charge in [0.2, 0.25) is 0 Å². The zero-order valence-electron chi connectivity index (χ0n) is 10.7. The quantitative estimate of drug-likeness (QED) is 0.617. The third kappa shape index (κ3) is 4.55. The molecule has 0 spiro atoms. The van der Waals surface area contributed by atoms with Gasteiger partial charge in [-0.2, -0.15) is 0 Å². The van der Waals surface area contributed by atoms with Gasteiger partial charge in [-0.15, -0.1) is 0 Å². The van der Waals surface area contributed by atoms with Crippen molar-refractivity contribution in [2.75, 3.05) is 13.1 Å². The Morgan fingerprint density at radius 1 is 1.32 bits per heavy atom. The molecule has 0 heterocycles. The van der Waals surface area contributed by atoms with Crippen LogP contribution in [0.4, 0.5) is 13.2 Å². The van der Waals surface area contributed by atoms with Gasteiger partial charge in [0.1, 0.15) is 0 Å². The molecule has 0 fully saturated rings. The van der Waals surface area contributed by atoms with E-state index in [1.54, 1.807) is 0 Å². The molecule has 0 aliphatic rings. The molecule has 0 aromatic heterocycles. The topological polar surface area (TPSA) is 55.1 Å². The maximum absolute atomic E-state index is 12.9. The number of halogens is 3. The number of rotatable bonds is 6. The molecule has 0 bridgehead atoms. The number of benzene rings is 1. The predicted octanol–water partition coefficient (Wildman–Crippen LogP) is 2.21. The molecule has 1 unspecified atom stereocenters. The van der Waals surface area contributed by atoms with E-state index in [9.17, 15) is 18.0 Å². The third-order valence-electron chi connectivity index (χ3n) is 2.81. The van der Waals surface area contributed by atoms with Gasteiger partial charge in [-0.3, -0.25) is 4.79 Å². The van der Waals surface area contributed by atoms with E-state index in [4.69, 9.17) is 5.73 Å². The van der Waals surface area contributed by atoms with Gasteiger partial charge in [-0.05, 0) is 37.4 Å². The molecular formula is C13H17F3N2O. The molecule has 3 nitrogen and oxygen atoms in total. The molecule has 19 heavy (non-hydrogen) atoms. The first kappa shape index (κ1) is 15.5. The minimum Gasteiger partial charge on any atom is -0.352 e. The number of carbonyl (C=O) groups is 1. The lowest BCUT2D eigenvalue weighted by atomic mass is 10.1. The summed E-state index contributed by atoms with van der Waals surface area (Å²) in [5.74, 6) is -4.59. The highest BCUT2D eigenvalue weighted by molar-refractivity contribution is 5.94. The number of carbonyl (C=O) groups excluding carboxylic acids is 1. The first-order valence-corrected chi connectivity index (χ1v) is 6.08. The Morgan fingerprint density at radius 2 is 1.89 bits per heavy atom. The minimum atomic E-state index is -1.58. The molecule has 1 amide bonds. The molecular weight excluding hydrogens is 257 g/mol. The molecule has 0 radical (unpaired) electrons. The smallest absolute Gasteiger partial charge is 0.251 e. The lowest BCUT2D eigenvalue weighted by Gasteiger charge is -2.09. The van der Waals surface area contributed by atoms with Gasteiger partial charge in [-0.1, -0.05) is 6.92 Å². The highest BCUT2D eigenvalue weighted by atomic mass is 19.2. The number of amides is 1. The third-order valence-corrected chi connectivity index (χ3v) is 2.81. The summed E-state index contributed by atoms with van der Waals surface area (Å²) in [7, 11) is 0. The fourth-order valence-corrected chi connectivity index (χ4v) is 1.56. The maximum atomic E-state index is 12.9. The summed E-state index contributed by atoms with van der Waals surface area (Å²) >= 11 is 0. The zero-order chi connectivity index (χ0) is 14.4. The van der Waals surface area contributed by atoms with Crippen molar-refractivity contribution < 1.29 is 18.0 Å². The Hall–Kier alpha value is -1.56. The molecule has 1 atom stereocenters. The molecule has 1 aromatic carbocycles. The number of hydrogen-bond acceptors (Lipinski definition) is 2. The van der Waals surface area contributed by atoms with Crippen LogP contribution in [0.1, 0.15) is 30.1 Å². The second-order valence-electron chi connectivity index (χ2n) is 4.49. The normalized spacial score (nSPS) is 12.3. The van der Waals surface area contributed by atoms with Crippen LogP contribution in [-0.4, -0.2) is 19.0 Å². The second kappa shape index (κ2) is 7.13. The van der Waals surface area contributed by atoms with E-state index in [1.165, 1.54) is 0 Å². The number of hydrogen-bond donors (Lipinski definition) is 2. The Labute approximate surface area is 110 Å². The van der Waals surface area contributed by atoms with Gasteiger partial charge in [0, 0.05) is 12.1 Å². The van der Waals surface area contributed by atoms with Gasteiger partial charge >= 0.3 is 0 Å². The molecule has 0 aliphatic heterocycles. The van der Waals surface area contributed by atoms with E-state index in [2.05, 4.69) is 5.32 Å². The van der Waals surface area contributed by atoms with Crippen LogP contribution in [0.25, 0.3) is 0 Å². The van der Waals surface area contributed by atoms with Gasteiger partial charge in [0.25, 0.3) is 5.91 Å². The van der Waals surface area contributed by atoms with Crippen molar-refractivity contribution in [3.8, 4) is 0 Å². The van der Waals surface area contributed by atoms with Crippen molar-refractivity contribution in [1.29, 1.82) is 0 Å². The molecule has 106 valence electrons. The van der Waals surface area contributed by atoms with Crippen LogP contribution in [0.2, 0.25) is 0 Å². The van der Waals surface area contributed by atoms with Crippen LogP contribution in [0.3, 0.4) is 0 Å². The van der Waals surface area contributed by atoms with E-state index in [0.717, 1.165) is 12.8 Å². The van der Waals surface area contributed by atoms with Crippen LogP contribution in [0.5, 0.6) is 0 Å². The van der Waals surface area contributed by atoms with Crippen molar-refractivity contribution in [3.05, 3.63) is 35.1 Å². The molecule has 3 N–H and O–H groups in total. The van der Waals surface area contributed by atoms with Crippen molar-refractivity contribution >= 4 is 5.91 Å². The molecule has 1 rings (SSSR count). The van der Waals surface area contributed by atoms with Crippen LogP contribution in [-0.2, 0) is 0 Å². The van der Waals surface area contributed by atoms with Crippen molar-refractivity contribution in [1.82, 2.24) is 5.32 Å². The van der Waals surface area contributed by atoms with Crippen LogP contribution < -0.4 is 11.1 Å². The van der Waals surface area contributed by atoms with Gasteiger partial charge < -0.3 is 11.1 Å². The summed E-state index contributed by atoms with van der Waals surface area (Å²) in [5.41, 5.74) is 5.21. The summed E-state index contributed by atoms with van der Waals surface area (Å²) in [6.45, 7) is 2.94. The van der Waals surface area contributed by atoms with E-state index >= 15 is 0 Å². The van der Waals surface area contributed by atoms with Gasteiger partial charge in [0.05, 0.1) is 0 Å². The van der Waals surface area contributed by atoms with E-state index in [-0.39, 0.29) is 5.56 Å². The lowest BCUT2D eigenvalue weighted by molar-refractivity contribution is 0.0951. The van der Waals surface area contributed by atoms with Crippen molar-refractivity contribution in [3.63, 3.8) is 0 Å². The van der Waals surface area contributed by atoms with Gasteiger partial charge in [-0.25, -0.2) is 13.2 Å². The fourth-order valence-electron chi connectivity index (χ4n) is 1.56. The van der Waals surface area contributed by atoms with Crippen LogP contribution >= 0.6 is 0 Å². The fraction of sp³-hybridized carbons (Fsp3) is 0.462. The van der Waals surface area contributed by atoms with E-state index in [0.29, 0.717) is 31.1 Å². The van der Waals surface area contributed by atoms with Crippen LogP contribution in [0, 0.1) is 23.4 Å². The highest BCUT2D eigenvalue weighted by Crippen LogP contribution is 2.13. The van der Waals surface area contributed by atoms with Crippen molar-refractivity contribution in [2.24, 2.45) is 11.7 Å². The average Bonchev–Trinajstić information content (AvgIpc) is 2.39. The largest absolute Gasteiger partial charge is 0.352 e. The van der Waals surface area contributed by atoms with Crippen molar-refractivity contribution in [2.45, 2.75) is 19.8 Å². The lowest BCUT2D eigenvalue weighted by Crippen LogP contribution is -2.25. The first-order valence-electron chi connectivity index (χ1n) is 6.08. The Bertz CT molecular complexity index is 429. The summed E-state index contributed by atoms with van der Waals surface area (Å²) in [6, 6.07) is 1.35. The highest BCUT2D eigenvalue weighted by Gasteiger charge is 2.14.